The minimum absolute atomic E-state index is 0.0247. The van der Waals surface area contributed by atoms with Gasteiger partial charge in [0.15, 0.2) is 11.6 Å². The van der Waals surface area contributed by atoms with Crippen LogP contribution < -0.4 is 26.1 Å². The second kappa shape index (κ2) is 11.6. The number of carboxylic acids is 1. The molecule has 2 heterocycles. The van der Waals surface area contributed by atoms with Gasteiger partial charge >= 0.3 is 5.97 Å². The number of amides is 1. The number of nitrogens with two attached hydrogens (primary N) is 1. The summed E-state index contributed by atoms with van der Waals surface area (Å²) in [5, 5.41) is 16.6. The zero-order valence-electron chi connectivity index (χ0n) is 22.8. The molecular weight excluding hydrogens is 533 g/mol. The quantitative estimate of drug-likeness (QED) is 0.335. The lowest BCUT2D eigenvalue weighted by Crippen LogP contribution is -2.56. The molecule has 5 rings (SSSR count). The maximum Gasteiger partial charge on any atom is 0.341 e. The first-order valence-corrected chi connectivity index (χ1v) is 13.4. The lowest BCUT2D eigenvalue weighted by atomic mass is 9.99. The van der Waals surface area contributed by atoms with Gasteiger partial charge in [-0.3, -0.25) is 9.59 Å². The zero-order chi connectivity index (χ0) is 29.3. The van der Waals surface area contributed by atoms with Gasteiger partial charge < -0.3 is 35.2 Å². The molecule has 1 aliphatic carbocycles. The molecular formula is C29H32FN5O6. The SMILES string of the molecule is CO/N=C1\CCN(c2c(F)cc3c(=O)c(C(=O)O)cn(C4CC4)c3c2OC)CC1NC(=O)[C@@H](N)Cc1ccccc1. The van der Waals surface area contributed by atoms with Crippen molar-refractivity contribution >= 4 is 34.2 Å². The van der Waals surface area contributed by atoms with Gasteiger partial charge in [-0.25, -0.2) is 9.18 Å². The summed E-state index contributed by atoms with van der Waals surface area (Å²) in [6.45, 7) is 0.454. The highest BCUT2D eigenvalue weighted by Crippen LogP contribution is 2.44. The molecule has 1 unspecified atom stereocenters. The molecule has 11 nitrogen and oxygen atoms in total. The second-order valence-corrected chi connectivity index (χ2v) is 10.3. The van der Waals surface area contributed by atoms with E-state index in [0.29, 0.717) is 30.6 Å². The largest absolute Gasteiger partial charge is 0.492 e. The lowest BCUT2D eigenvalue weighted by molar-refractivity contribution is -0.122. The predicted molar refractivity (Wildman–Crippen MR) is 151 cm³/mol. The topological polar surface area (TPSA) is 148 Å². The highest BCUT2D eigenvalue weighted by molar-refractivity contribution is 5.99. The van der Waals surface area contributed by atoms with E-state index >= 15 is 4.39 Å². The number of carbonyl (C=O) groups excluding carboxylic acids is 1. The highest BCUT2D eigenvalue weighted by Gasteiger charge is 2.35. The van der Waals surface area contributed by atoms with Crippen LogP contribution in [0.25, 0.3) is 10.9 Å². The summed E-state index contributed by atoms with van der Waals surface area (Å²) < 4.78 is 23.2. The molecule has 4 N–H and O–H groups in total. The number of nitrogens with one attached hydrogen (secondary N) is 1. The minimum Gasteiger partial charge on any atom is -0.492 e. The highest BCUT2D eigenvalue weighted by atomic mass is 19.1. The Hall–Kier alpha value is -4.45. The number of pyridine rings is 1. The smallest absolute Gasteiger partial charge is 0.341 e. The van der Waals surface area contributed by atoms with Crippen LogP contribution in [0.15, 0.2) is 52.5 Å². The fraction of sp³-hybridized carbons (Fsp3) is 0.379. The van der Waals surface area contributed by atoms with Crippen LogP contribution in [0.3, 0.4) is 0 Å². The van der Waals surface area contributed by atoms with Gasteiger partial charge in [0.05, 0.1) is 35.8 Å². The summed E-state index contributed by atoms with van der Waals surface area (Å²) in [4.78, 5) is 44.6. The molecule has 0 bridgehead atoms. The number of carbonyl (C=O) groups is 2. The van der Waals surface area contributed by atoms with E-state index in [1.165, 1.54) is 20.4 Å². The Kier molecular flexibility index (Phi) is 7.93. The van der Waals surface area contributed by atoms with Crippen molar-refractivity contribution in [2.75, 3.05) is 32.2 Å². The van der Waals surface area contributed by atoms with E-state index in [0.717, 1.165) is 24.5 Å². The molecule has 12 heteroatoms. The molecule has 1 saturated carbocycles. The summed E-state index contributed by atoms with van der Waals surface area (Å²) in [5.74, 6) is -2.38. The molecule has 2 aliphatic rings. The molecule has 0 spiro atoms. The summed E-state index contributed by atoms with van der Waals surface area (Å²) >= 11 is 0. The van der Waals surface area contributed by atoms with E-state index in [1.54, 1.807) is 9.47 Å². The molecule has 216 valence electrons. The van der Waals surface area contributed by atoms with Gasteiger partial charge in [-0.15, -0.1) is 0 Å². The van der Waals surface area contributed by atoms with Gasteiger partial charge in [-0.1, -0.05) is 35.5 Å². The molecule has 2 atom stereocenters. The third kappa shape index (κ3) is 5.60. The van der Waals surface area contributed by atoms with E-state index < -0.39 is 34.9 Å². The van der Waals surface area contributed by atoms with Crippen molar-refractivity contribution in [3.63, 3.8) is 0 Å². The number of rotatable bonds is 9. The number of piperidine rings is 1. The van der Waals surface area contributed by atoms with Crippen molar-refractivity contribution in [3.05, 3.63) is 69.8 Å². The van der Waals surface area contributed by atoms with Gasteiger partial charge in [0.2, 0.25) is 11.3 Å². The third-order valence-electron chi connectivity index (χ3n) is 7.49. The van der Waals surface area contributed by atoms with E-state index in [4.69, 9.17) is 15.3 Å². The van der Waals surface area contributed by atoms with Crippen LogP contribution in [0.4, 0.5) is 10.1 Å². The first kappa shape index (κ1) is 28.1. The first-order valence-electron chi connectivity index (χ1n) is 13.4. The van der Waals surface area contributed by atoms with Gasteiger partial charge in [-0.2, -0.15) is 0 Å². The summed E-state index contributed by atoms with van der Waals surface area (Å²) in [6.07, 6.45) is 3.59. The van der Waals surface area contributed by atoms with Crippen LogP contribution in [0, 0.1) is 5.82 Å². The van der Waals surface area contributed by atoms with Crippen molar-refractivity contribution in [1.82, 2.24) is 9.88 Å². The normalized spacial score (nSPS) is 18.8. The van der Waals surface area contributed by atoms with Crippen molar-refractivity contribution in [3.8, 4) is 5.75 Å². The van der Waals surface area contributed by atoms with Crippen LogP contribution in [0.5, 0.6) is 5.75 Å². The number of anilines is 1. The number of methoxy groups -OCH3 is 1. The average molecular weight is 566 g/mol. The Bertz CT molecular complexity index is 1570. The first-order chi connectivity index (χ1) is 19.7. The maximum atomic E-state index is 15.8. The number of aromatic nitrogens is 1. The number of hydrogen-bond acceptors (Lipinski definition) is 8. The van der Waals surface area contributed by atoms with Crippen molar-refractivity contribution in [2.24, 2.45) is 10.9 Å². The molecule has 2 fully saturated rings. The number of ether oxygens (including phenoxy) is 1. The van der Waals surface area contributed by atoms with Crippen LogP contribution >= 0.6 is 0 Å². The molecule has 1 aromatic heterocycles. The van der Waals surface area contributed by atoms with Crippen molar-refractivity contribution in [2.45, 2.75) is 43.8 Å². The van der Waals surface area contributed by atoms with Gasteiger partial charge in [0, 0.05) is 31.7 Å². The molecule has 3 aromatic rings. The molecule has 2 aromatic carbocycles. The van der Waals surface area contributed by atoms with E-state index in [-0.39, 0.29) is 35.3 Å². The fourth-order valence-corrected chi connectivity index (χ4v) is 5.36. The zero-order valence-corrected chi connectivity index (χ0v) is 22.8. The van der Waals surface area contributed by atoms with Crippen molar-refractivity contribution in [1.29, 1.82) is 0 Å². The number of oxime groups is 1. The van der Waals surface area contributed by atoms with E-state index in [1.807, 2.05) is 30.3 Å². The summed E-state index contributed by atoms with van der Waals surface area (Å²) in [6, 6.07) is 9.00. The molecule has 1 amide bonds. The predicted octanol–water partition coefficient (Wildman–Crippen LogP) is 2.45. The monoisotopic (exact) mass is 565 g/mol. The number of benzene rings is 2. The number of carboxylic acid groups (broad SMARTS) is 1. The third-order valence-corrected chi connectivity index (χ3v) is 7.49. The van der Waals surface area contributed by atoms with Gasteiger partial charge in [0.1, 0.15) is 18.4 Å². The minimum atomic E-state index is -1.38. The van der Waals surface area contributed by atoms with E-state index in [2.05, 4.69) is 10.5 Å². The molecule has 0 radical (unpaired) electrons. The van der Waals surface area contributed by atoms with E-state index in [9.17, 15) is 19.5 Å². The number of hydrogen-bond donors (Lipinski definition) is 3. The standard InChI is InChI=1S/C29H32FN5O6/c1-40-27-24-18(26(36)19(29(38)39)14-35(24)17-8-9-17)13-20(30)25(27)34-11-10-22(33-41-2)23(15-34)32-28(37)21(31)12-16-6-4-3-5-7-16/h3-7,13-14,17,21,23H,8-12,15,31H2,1-2H3,(H,32,37)(H,38,39)/b33-22+/t21-,23?/m0/s1. The average Bonchev–Trinajstić information content (AvgIpc) is 3.80. The van der Waals surface area contributed by atoms with Crippen LogP contribution in [0.2, 0.25) is 0 Å². The van der Waals surface area contributed by atoms with Crippen LogP contribution in [0.1, 0.15) is 41.2 Å². The number of nitrogens with zero attached hydrogens (tertiary/aromatic N) is 3. The van der Waals surface area contributed by atoms with Crippen LogP contribution in [-0.2, 0) is 16.1 Å². The molecule has 41 heavy (non-hydrogen) atoms. The summed E-state index contributed by atoms with van der Waals surface area (Å²) in [7, 11) is 2.79. The van der Waals surface area contributed by atoms with Gasteiger partial charge in [0.25, 0.3) is 0 Å². The lowest BCUT2D eigenvalue weighted by Gasteiger charge is -2.36. The Morgan fingerprint density at radius 2 is 1.98 bits per heavy atom. The number of aromatic carboxylic acids is 1. The summed E-state index contributed by atoms with van der Waals surface area (Å²) in [5.41, 5.74) is 6.95. The Morgan fingerprint density at radius 1 is 1.24 bits per heavy atom. The second-order valence-electron chi connectivity index (χ2n) is 10.3. The number of halogens is 1. The van der Waals surface area contributed by atoms with Crippen molar-refractivity contribution < 1.29 is 28.7 Å². The Labute approximate surface area is 235 Å². The number of fused-ring (bicyclic) bond motifs is 1. The Morgan fingerprint density at radius 3 is 2.61 bits per heavy atom. The molecule has 1 aliphatic heterocycles. The Balaban J connectivity index is 1.50. The molecule has 1 saturated heterocycles. The maximum absolute atomic E-state index is 15.8. The van der Waals surface area contributed by atoms with Gasteiger partial charge in [-0.05, 0) is 30.9 Å². The van der Waals surface area contributed by atoms with Crippen LogP contribution in [-0.4, -0.2) is 66.7 Å². The fourth-order valence-electron chi connectivity index (χ4n) is 5.36.